The lowest BCUT2D eigenvalue weighted by molar-refractivity contribution is -0.142. The van der Waals surface area contributed by atoms with Crippen molar-refractivity contribution in [2.24, 2.45) is 0 Å². The lowest BCUT2D eigenvalue weighted by Gasteiger charge is -2.21. The summed E-state index contributed by atoms with van der Waals surface area (Å²) in [6.07, 6.45) is 1.71. The number of aryl methyl sites for hydroxylation is 1. The molecular weight excluding hydrogens is 230 g/mol. The van der Waals surface area contributed by atoms with E-state index >= 15 is 0 Å². The van der Waals surface area contributed by atoms with Gasteiger partial charge in [-0.2, -0.15) is 0 Å². The highest BCUT2D eigenvalue weighted by Gasteiger charge is 2.30. The van der Waals surface area contributed by atoms with Crippen LogP contribution in [-0.4, -0.2) is 35.7 Å². The maximum Gasteiger partial charge on any atom is 0.320 e. The molecule has 4 nitrogen and oxygen atoms in total. The van der Waals surface area contributed by atoms with Gasteiger partial charge in [0.25, 0.3) is 0 Å². The molecule has 0 radical (unpaired) electrons. The first-order valence-corrected chi connectivity index (χ1v) is 6.21. The van der Waals surface area contributed by atoms with Crippen LogP contribution in [0.4, 0.5) is 0 Å². The van der Waals surface area contributed by atoms with Crippen LogP contribution in [0, 0.1) is 6.92 Å². The summed E-state index contributed by atoms with van der Waals surface area (Å²) in [5, 5.41) is 9.15. The molecule has 1 N–H and O–H groups in total. The lowest BCUT2D eigenvalue weighted by Crippen LogP contribution is -2.35. The van der Waals surface area contributed by atoms with Crippen LogP contribution in [0.3, 0.4) is 0 Å². The third-order valence-corrected chi connectivity index (χ3v) is 3.38. The number of rotatable bonds is 4. The molecule has 98 valence electrons. The maximum absolute atomic E-state index is 11.1. The Bertz CT molecular complexity index is 445. The molecule has 0 bridgehead atoms. The van der Waals surface area contributed by atoms with Gasteiger partial charge in [0.2, 0.25) is 0 Å². The van der Waals surface area contributed by atoms with Crippen molar-refractivity contribution in [1.29, 1.82) is 0 Å². The topological polar surface area (TPSA) is 49.8 Å². The fourth-order valence-corrected chi connectivity index (χ4v) is 2.56. The number of aliphatic carboxylic acids is 1. The largest absolute Gasteiger partial charge is 0.497 e. The number of carbonyl (C=O) groups is 1. The van der Waals surface area contributed by atoms with E-state index in [4.69, 9.17) is 9.84 Å². The van der Waals surface area contributed by atoms with E-state index in [2.05, 4.69) is 6.07 Å². The van der Waals surface area contributed by atoms with Gasteiger partial charge < -0.3 is 9.84 Å². The van der Waals surface area contributed by atoms with Crippen molar-refractivity contribution in [1.82, 2.24) is 4.90 Å². The van der Waals surface area contributed by atoms with Crippen LogP contribution in [0.2, 0.25) is 0 Å². The average molecular weight is 249 g/mol. The van der Waals surface area contributed by atoms with Gasteiger partial charge in [0, 0.05) is 6.54 Å². The van der Waals surface area contributed by atoms with Crippen molar-refractivity contribution in [3.63, 3.8) is 0 Å². The molecule has 1 heterocycles. The first-order valence-electron chi connectivity index (χ1n) is 6.21. The summed E-state index contributed by atoms with van der Waals surface area (Å²) >= 11 is 0. The predicted octanol–water partition coefficient (Wildman–Crippen LogP) is 2.05. The fourth-order valence-electron chi connectivity index (χ4n) is 2.56. The SMILES string of the molecule is COc1cc(C)cc(CN2CCC[C@H]2C(=O)O)c1. The number of likely N-dealkylation sites (tertiary alicyclic amines) is 1. The Morgan fingerprint density at radius 1 is 1.50 bits per heavy atom. The van der Waals surface area contributed by atoms with Crippen LogP contribution >= 0.6 is 0 Å². The number of carboxylic acids is 1. The van der Waals surface area contributed by atoms with Crippen molar-refractivity contribution in [2.45, 2.75) is 32.4 Å². The van der Waals surface area contributed by atoms with E-state index in [9.17, 15) is 4.79 Å². The zero-order chi connectivity index (χ0) is 13.1. The Balaban J connectivity index is 2.13. The van der Waals surface area contributed by atoms with Gasteiger partial charge in [-0.3, -0.25) is 9.69 Å². The highest BCUT2D eigenvalue weighted by molar-refractivity contribution is 5.73. The van der Waals surface area contributed by atoms with Crippen molar-refractivity contribution in [2.75, 3.05) is 13.7 Å². The number of hydrogen-bond acceptors (Lipinski definition) is 3. The summed E-state index contributed by atoms with van der Waals surface area (Å²) < 4.78 is 5.24. The predicted molar refractivity (Wildman–Crippen MR) is 68.8 cm³/mol. The standard InChI is InChI=1S/C14H19NO3/c1-10-6-11(8-12(7-10)18-2)9-15-5-3-4-13(15)14(16)17/h6-8,13H,3-5,9H2,1-2H3,(H,16,17)/t13-/m0/s1. The monoisotopic (exact) mass is 249 g/mol. The molecule has 1 atom stereocenters. The summed E-state index contributed by atoms with van der Waals surface area (Å²) in [4.78, 5) is 13.2. The smallest absolute Gasteiger partial charge is 0.320 e. The number of hydrogen-bond donors (Lipinski definition) is 1. The van der Waals surface area contributed by atoms with Gasteiger partial charge in [-0.05, 0) is 49.6 Å². The van der Waals surface area contributed by atoms with Crippen LogP contribution in [0.5, 0.6) is 5.75 Å². The van der Waals surface area contributed by atoms with Crippen LogP contribution in [0.25, 0.3) is 0 Å². The van der Waals surface area contributed by atoms with Gasteiger partial charge in [-0.15, -0.1) is 0 Å². The number of nitrogens with zero attached hydrogens (tertiary/aromatic N) is 1. The van der Waals surface area contributed by atoms with Gasteiger partial charge in [0.15, 0.2) is 0 Å². The zero-order valence-electron chi connectivity index (χ0n) is 10.8. The minimum Gasteiger partial charge on any atom is -0.497 e. The molecule has 0 spiro atoms. The molecule has 0 aromatic heterocycles. The van der Waals surface area contributed by atoms with Gasteiger partial charge in [0.05, 0.1) is 7.11 Å². The Morgan fingerprint density at radius 2 is 2.28 bits per heavy atom. The Labute approximate surface area is 107 Å². The first kappa shape index (κ1) is 12.9. The molecule has 1 aromatic rings. The van der Waals surface area contributed by atoms with Crippen molar-refractivity contribution >= 4 is 5.97 Å². The molecule has 1 aliphatic heterocycles. The lowest BCUT2D eigenvalue weighted by atomic mass is 10.1. The molecule has 0 aliphatic carbocycles. The van der Waals surface area contributed by atoms with Crippen LogP contribution in [-0.2, 0) is 11.3 Å². The Kier molecular flexibility index (Phi) is 3.87. The number of ether oxygens (including phenoxy) is 1. The molecular formula is C14H19NO3. The first-order chi connectivity index (χ1) is 8.60. The molecule has 1 aromatic carbocycles. The van der Waals surface area contributed by atoms with E-state index in [1.165, 1.54) is 0 Å². The summed E-state index contributed by atoms with van der Waals surface area (Å²) in [6, 6.07) is 5.70. The quantitative estimate of drug-likeness (QED) is 0.887. The average Bonchev–Trinajstić information content (AvgIpc) is 2.76. The number of methoxy groups -OCH3 is 1. The molecule has 18 heavy (non-hydrogen) atoms. The summed E-state index contributed by atoms with van der Waals surface area (Å²) in [7, 11) is 1.65. The summed E-state index contributed by atoms with van der Waals surface area (Å²) in [5.74, 6) is 0.114. The van der Waals surface area contributed by atoms with Crippen LogP contribution in [0.1, 0.15) is 24.0 Å². The molecule has 0 unspecified atom stereocenters. The normalized spacial score (nSPS) is 20.0. The Hall–Kier alpha value is -1.55. The molecule has 1 aliphatic rings. The second-order valence-corrected chi connectivity index (χ2v) is 4.83. The van der Waals surface area contributed by atoms with Gasteiger partial charge in [-0.1, -0.05) is 6.07 Å². The molecule has 1 saturated heterocycles. The van der Waals surface area contributed by atoms with E-state index < -0.39 is 5.97 Å². The second kappa shape index (κ2) is 5.40. The molecule has 0 amide bonds. The number of carboxylic acid groups (broad SMARTS) is 1. The fraction of sp³-hybridized carbons (Fsp3) is 0.500. The van der Waals surface area contributed by atoms with E-state index in [0.717, 1.165) is 36.3 Å². The van der Waals surface area contributed by atoms with Gasteiger partial charge in [-0.25, -0.2) is 0 Å². The van der Waals surface area contributed by atoms with Gasteiger partial charge >= 0.3 is 5.97 Å². The minimum atomic E-state index is -0.716. The second-order valence-electron chi connectivity index (χ2n) is 4.83. The molecule has 1 fully saturated rings. The third kappa shape index (κ3) is 2.82. The van der Waals surface area contributed by atoms with Crippen molar-refractivity contribution in [3.05, 3.63) is 29.3 Å². The van der Waals surface area contributed by atoms with Crippen molar-refractivity contribution < 1.29 is 14.6 Å². The van der Waals surface area contributed by atoms with Crippen molar-refractivity contribution in [3.8, 4) is 5.75 Å². The summed E-state index contributed by atoms with van der Waals surface area (Å²) in [5.41, 5.74) is 2.25. The van der Waals surface area contributed by atoms with E-state index in [0.29, 0.717) is 6.54 Å². The highest BCUT2D eigenvalue weighted by Crippen LogP contribution is 2.23. The molecule has 0 saturated carbocycles. The van der Waals surface area contributed by atoms with E-state index in [-0.39, 0.29) is 6.04 Å². The third-order valence-electron chi connectivity index (χ3n) is 3.38. The highest BCUT2D eigenvalue weighted by atomic mass is 16.5. The Morgan fingerprint density at radius 3 is 2.94 bits per heavy atom. The maximum atomic E-state index is 11.1. The van der Waals surface area contributed by atoms with Crippen LogP contribution in [0.15, 0.2) is 18.2 Å². The summed E-state index contributed by atoms with van der Waals surface area (Å²) in [6.45, 7) is 3.55. The van der Waals surface area contributed by atoms with E-state index in [1.807, 2.05) is 24.0 Å². The number of benzene rings is 1. The zero-order valence-corrected chi connectivity index (χ0v) is 10.8. The van der Waals surface area contributed by atoms with Gasteiger partial charge in [0.1, 0.15) is 11.8 Å². The minimum absolute atomic E-state index is 0.337. The molecule has 4 heteroatoms. The van der Waals surface area contributed by atoms with E-state index in [1.54, 1.807) is 7.11 Å². The van der Waals surface area contributed by atoms with Crippen LogP contribution < -0.4 is 4.74 Å². The molecule has 2 rings (SSSR count).